The van der Waals surface area contributed by atoms with Gasteiger partial charge in [0.25, 0.3) is 0 Å². The van der Waals surface area contributed by atoms with E-state index in [-0.39, 0.29) is 0 Å². The molecule has 3 aromatic rings. The summed E-state index contributed by atoms with van der Waals surface area (Å²) < 4.78 is 1.72. The number of nitrogens with zero attached hydrogens (tertiary/aromatic N) is 4. The molecule has 0 spiro atoms. The molecule has 2 heterocycles. The van der Waals surface area contributed by atoms with Crippen molar-refractivity contribution in [2.45, 2.75) is 12.5 Å². The summed E-state index contributed by atoms with van der Waals surface area (Å²) in [5.74, 6) is 0. The second-order valence-electron chi connectivity index (χ2n) is 4.70. The van der Waals surface area contributed by atoms with Crippen molar-refractivity contribution in [1.29, 1.82) is 0 Å². The highest BCUT2D eigenvalue weighted by Gasteiger charge is 2.25. The Balaban J connectivity index is 2.26. The van der Waals surface area contributed by atoms with Crippen LogP contribution in [0.2, 0.25) is 0 Å². The van der Waals surface area contributed by atoms with Crippen LogP contribution in [0.25, 0.3) is 16.7 Å². The molecule has 1 N–H and O–H groups in total. The van der Waals surface area contributed by atoms with Crippen molar-refractivity contribution in [2.75, 3.05) is 0 Å². The van der Waals surface area contributed by atoms with Crippen molar-refractivity contribution in [2.24, 2.45) is 0 Å². The van der Waals surface area contributed by atoms with Crippen molar-refractivity contribution < 1.29 is 5.11 Å². The maximum absolute atomic E-state index is 10.3. The highest BCUT2D eigenvalue weighted by molar-refractivity contribution is 5.79. The van der Waals surface area contributed by atoms with Gasteiger partial charge in [0.2, 0.25) is 0 Å². The van der Waals surface area contributed by atoms with Crippen molar-refractivity contribution in [3.63, 3.8) is 0 Å². The molecular formula is C15H14N4O. The Bertz CT molecular complexity index is 762. The summed E-state index contributed by atoms with van der Waals surface area (Å²) in [6.07, 6.45) is 4.54. The predicted octanol–water partition coefficient (Wildman–Crippen LogP) is 2.21. The molecule has 20 heavy (non-hydrogen) atoms. The largest absolute Gasteiger partial charge is 0.380 e. The highest BCUT2D eigenvalue weighted by atomic mass is 16.3. The number of fused-ring (bicyclic) bond motifs is 1. The van der Waals surface area contributed by atoms with E-state index >= 15 is 0 Å². The molecule has 0 radical (unpaired) electrons. The zero-order valence-corrected chi connectivity index (χ0v) is 11.1. The molecule has 3 rings (SSSR count). The molecule has 0 aliphatic heterocycles. The van der Waals surface area contributed by atoms with E-state index in [1.165, 1.54) is 12.4 Å². The normalized spacial score (nSPS) is 14.1. The number of aromatic nitrogens is 4. The van der Waals surface area contributed by atoms with Crippen LogP contribution in [-0.4, -0.2) is 24.9 Å². The molecule has 0 saturated carbocycles. The third-order valence-electron chi connectivity index (χ3n) is 3.24. The molecule has 0 amide bonds. The number of hydrogen-bond acceptors (Lipinski definition) is 4. The summed E-state index contributed by atoms with van der Waals surface area (Å²) in [5, 5.41) is 15.4. The van der Waals surface area contributed by atoms with Crippen molar-refractivity contribution in [3.05, 3.63) is 61.2 Å². The molecule has 1 atom stereocenters. The number of para-hydroxylation sites is 1. The molecule has 0 saturated heterocycles. The summed E-state index contributed by atoms with van der Waals surface area (Å²) in [6, 6.07) is 9.70. The maximum Gasteiger partial charge on any atom is 0.166 e. The summed E-state index contributed by atoms with van der Waals surface area (Å²) in [6.45, 7) is 5.28. The molecule has 1 aromatic carbocycles. The number of aliphatic hydroxyl groups is 1. The number of rotatable bonds is 3. The van der Waals surface area contributed by atoms with E-state index in [0.29, 0.717) is 16.7 Å². The Morgan fingerprint density at radius 1 is 1.25 bits per heavy atom. The second kappa shape index (κ2) is 4.54. The first-order valence-electron chi connectivity index (χ1n) is 6.24. The first-order chi connectivity index (χ1) is 9.63. The van der Waals surface area contributed by atoms with Gasteiger partial charge < -0.3 is 5.11 Å². The van der Waals surface area contributed by atoms with Gasteiger partial charge >= 0.3 is 0 Å². The summed E-state index contributed by atoms with van der Waals surface area (Å²) >= 11 is 0. The fraction of sp³-hybridized carbons (Fsp3) is 0.133. The van der Waals surface area contributed by atoms with Crippen LogP contribution in [0, 0.1) is 0 Å². The minimum atomic E-state index is -1.22. The van der Waals surface area contributed by atoms with Crippen LogP contribution in [0.1, 0.15) is 12.6 Å². The van der Waals surface area contributed by atoms with Crippen LogP contribution in [0.5, 0.6) is 0 Å². The molecule has 0 aliphatic rings. The lowest BCUT2D eigenvalue weighted by Crippen LogP contribution is -2.19. The SMILES string of the molecule is C=CC(C)(O)c1ncnc2c1cnn2-c1ccccc1. The molecule has 5 heteroatoms. The monoisotopic (exact) mass is 266 g/mol. The molecule has 1 unspecified atom stereocenters. The van der Waals surface area contributed by atoms with E-state index < -0.39 is 5.60 Å². The summed E-state index contributed by atoms with van der Waals surface area (Å²) in [5.41, 5.74) is 0.847. The zero-order valence-electron chi connectivity index (χ0n) is 11.1. The Kier molecular flexibility index (Phi) is 2.84. The van der Waals surface area contributed by atoms with Gasteiger partial charge in [0, 0.05) is 0 Å². The zero-order chi connectivity index (χ0) is 14.2. The third kappa shape index (κ3) is 1.88. The topological polar surface area (TPSA) is 63.8 Å². The van der Waals surface area contributed by atoms with Crippen LogP contribution in [0.15, 0.2) is 55.5 Å². The minimum absolute atomic E-state index is 0.500. The standard InChI is InChI=1S/C15H14N4O/c1-3-15(2,20)13-12-9-18-19(14(12)17-10-16-13)11-7-5-4-6-8-11/h3-10,20H,1H2,2H3. The van der Waals surface area contributed by atoms with Crippen LogP contribution >= 0.6 is 0 Å². The fourth-order valence-corrected chi connectivity index (χ4v) is 2.10. The number of hydrogen-bond donors (Lipinski definition) is 1. The Morgan fingerprint density at radius 3 is 2.70 bits per heavy atom. The summed E-state index contributed by atoms with van der Waals surface area (Å²) in [4.78, 5) is 8.44. The molecule has 100 valence electrons. The number of benzene rings is 1. The van der Waals surface area contributed by atoms with Gasteiger partial charge in [-0.2, -0.15) is 5.10 Å². The van der Waals surface area contributed by atoms with E-state index in [9.17, 15) is 5.11 Å². The molecule has 5 nitrogen and oxygen atoms in total. The van der Waals surface area contributed by atoms with Gasteiger partial charge in [0.1, 0.15) is 11.9 Å². The molecular weight excluding hydrogens is 252 g/mol. The van der Waals surface area contributed by atoms with Gasteiger partial charge in [-0.1, -0.05) is 30.9 Å². The average molecular weight is 266 g/mol. The molecule has 0 fully saturated rings. The summed E-state index contributed by atoms with van der Waals surface area (Å²) in [7, 11) is 0. The van der Waals surface area contributed by atoms with Crippen molar-refractivity contribution in [1.82, 2.24) is 19.7 Å². The van der Waals surface area contributed by atoms with Crippen LogP contribution in [0.3, 0.4) is 0 Å². The smallest absolute Gasteiger partial charge is 0.166 e. The van der Waals surface area contributed by atoms with E-state index in [2.05, 4.69) is 21.6 Å². The fourth-order valence-electron chi connectivity index (χ4n) is 2.10. The highest BCUT2D eigenvalue weighted by Crippen LogP contribution is 2.27. The van der Waals surface area contributed by atoms with E-state index in [0.717, 1.165) is 5.69 Å². The lowest BCUT2D eigenvalue weighted by molar-refractivity contribution is 0.108. The maximum atomic E-state index is 10.3. The van der Waals surface area contributed by atoms with Gasteiger partial charge in [-0.25, -0.2) is 14.6 Å². The first-order valence-corrected chi connectivity index (χ1v) is 6.24. The van der Waals surface area contributed by atoms with Gasteiger partial charge in [-0.05, 0) is 19.1 Å². The lowest BCUT2D eigenvalue weighted by atomic mass is 10.0. The van der Waals surface area contributed by atoms with Gasteiger partial charge in [-0.3, -0.25) is 0 Å². The minimum Gasteiger partial charge on any atom is -0.380 e. The van der Waals surface area contributed by atoms with Crippen LogP contribution in [0.4, 0.5) is 0 Å². The Labute approximate surface area is 116 Å². The first kappa shape index (κ1) is 12.5. The lowest BCUT2D eigenvalue weighted by Gasteiger charge is -2.17. The molecule has 0 aliphatic carbocycles. The Hall–Kier alpha value is -2.53. The Morgan fingerprint density at radius 2 is 2.00 bits per heavy atom. The van der Waals surface area contributed by atoms with E-state index in [1.807, 2.05) is 30.3 Å². The van der Waals surface area contributed by atoms with Gasteiger partial charge in [-0.15, -0.1) is 0 Å². The van der Waals surface area contributed by atoms with Crippen LogP contribution < -0.4 is 0 Å². The molecule has 2 aromatic heterocycles. The second-order valence-corrected chi connectivity index (χ2v) is 4.70. The quantitative estimate of drug-likeness (QED) is 0.738. The predicted molar refractivity (Wildman–Crippen MR) is 76.4 cm³/mol. The van der Waals surface area contributed by atoms with E-state index in [1.54, 1.807) is 17.8 Å². The average Bonchev–Trinajstić information content (AvgIpc) is 2.91. The van der Waals surface area contributed by atoms with Crippen molar-refractivity contribution >= 4 is 11.0 Å². The molecule has 0 bridgehead atoms. The van der Waals surface area contributed by atoms with Gasteiger partial charge in [0.15, 0.2) is 5.65 Å². The third-order valence-corrected chi connectivity index (χ3v) is 3.24. The van der Waals surface area contributed by atoms with Crippen LogP contribution in [-0.2, 0) is 5.60 Å². The van der Waals surface area contributed by atoms with E-state index in [4.69, 9.17) is 0 Å². The van der Waals surface area contributed by atoms with Gasteiger partial charge in [0.05, 0.1) is 23.0 Å². The van der Waals surface area contributed by atoms with Crippen molar-refractivity contribution in [3.8, 4) is 5.69 Å².